The van der Waals surface area contributed by atoms with E-state index in [-0.39, 0.29) is 4.90 Å². The summed E-state index contributed by atoms with van der Waals surface area (Å²) in [5, 5.41) is 5.20. The molecule has 0 atom stereocenters. The van der Waals surface area contributed by atoms with Gasteiger partial charge in [0.05, 0.1) is 23.0 Å². The zero-order valence-corrected chi connectivity index (χ0v) is 15.5. The molecular formula is C17H19N3O5S. The lowest BCUT2D eigenvalue weighted by Gasteiger charge is -2.06. The highest BCUT2D eigenvalue weighted by Crippen LogP contribution is 2.30. The monoisotopic (exact) mass is 377 g/mol. The van der Waals surface area contributed by atoms with E-state index >= 15 is 0 Å². The maximum Gasteiger partial charge on any atom is 0.341 e. The summed E-state index contributed by atoms with van der Waals surface area (Å²) in [6.45, 7) is 4.33. The van der Waals surface area contributed by atoms with Crippen LogP contribution in [-0.4, -0.2) is 31.0 Å². The molecule has 1 aromatic carbocycles. The van der Waals surface area contributed by atoms with E-state index in [0.717, 1.165) is 11.9 Å². The summed E-state index contributed by atoms with van der Waals surface area (Å²) in [6, 6.07) is 6.12. The van der Waals surface area contributed by atoms with Gasteiger partial charge in [-0.25, -0.2) is 23.3 Å². The molecule has 0 aliphatic heterocycles. The molecule has 2 aromatic heterocycles. The molecule has 2 N–H and O–H groups in total. The summed E-state index contributed by atoms with van der Waals surface area (Å²) in [6.07, 6.45) is 0.832. The number of hydrogen-bond acceptors (Lipinski definition) is 6. The Bertz CT molecular complexity index is 1100. The lowest BCUT2D eigenvalue weighted by atomic mass is 10.2. The fourth-order valence-corrected chi connectivity index (χ4v) is 3.36. The van der Waals surface area contributed by atoms with Gasteiger partial charge in [0, 0.05) is 12.6 Å². The molecule has 0 aliphatic carbocycles. The van der Waals surface area contributed by atoms with Gasteiger partial charge in [0.15, 0.2) is 11.6 Å². The fourth-order valence-electron chi connectivity index (χ4n) is 2.83. The van der Waals surface area contributed by atoms with Crippen LogP contribution in [0, 0.1) is 6.92 Å². The van der Waals surface area contributed by atoms with Crippen LogP contribution in [0.3, 0.4) is 0 Å². The summed E-state index contributed by atoms with van der Waals surface area (Å²) in [5.41, 5.74) is 1.55. The number of aromatic nitrogens is 2. The molecule has 9 heteroatoms. The fraction of sp³-hybridized carbons (Fsp3) is 0.294. The van der Waals surface area contributed by atoms with E-state index in [4.69, 9.17) is 14.3 Å². The van der Waals surface area contributed by atoms with Gasteiger partial charge < -0.3 is 13.7 Å². The number of benzene rings is 1. The first-order valence-electron chi connectivity index (χ1n) is 7.98. The Morgan fingerprint density at radius 3 is 2.69 bits per heavy atom. The van der Waals surface area contributed by atoms with E-state index in [1.54, 1.807) is 19.1 Å². The van der Waals surface area contributed by atoms with Crippen molar-refractivity contribution in [3.05, 3.63) is 35.6 Å². The predicted molar refractivity (Wildman–Crippen MR) is 95.2 cm³/mol. The summed E-state index contributed by atoms with van der Waals surface area (Å²) < 4.78 is 35.6. The molecule has 2 heterocycles. The van der Waals surface area contributed by atoms with Crippen LogP contribution >= 0.6 is 0 Å². The van der Waals surface area contributed by atoms with Gasteiger partial charge >= 0.3 is 5.97 Å². The van der Waals surface area contributed by atoms with Crippen molar-refractivity contribution in [3.8, 4) is 11.6 Å². The first-order chi connectivity index (χ1) is 12.3. The molecule has 0 bridgehead atoms. The molecule has 0 unspecified atom stereocenters. The largest absolute Gasteiger partial charge is 0.465 e. The molecule has 0 aliphatic rings. The van der Waals surface area contributed by atoms with E-state index in [1.807, 2.05) is 11.5 Å². The molecule has 8 nitrogen and oxygen atoms in total. The average Bonchev–Trinajstić information content (AvgIpc) is 3.14. The van der Waals surface area contributed by atoms with Gasteiger partial charge in [-0.15, -0.1) is 0 Å². The molecule has 0 fully saturated rings. The number of rotatable bonds is 5. The van der Waals surface area contributed by atoms with E-state index < -0.39 is 16.0 Å². The summed E-state index contributed by atoms with van der Waals surface area (Å²) in [7, 11) is -2.52. The van der Waals surface area contributed by atoms with E-state index in [2.05, 4.69) is 4.98 Å². The number of fused-ring (bicyclic) bond motifs is 1. The molecule has 0 radical (unpaired) electrons. The zero-order chi connectivity index (χ0) is 19.1. The van der Waals surface area contributed by atoms with Crippen molar-refractivity contribution >= 4 is 27.0 Å². The maximum atomic E-state index is 11.8. The zero-order valence-electron chi connectivity index (χ0n) is 14.6. The Morgan fingerprint density at radius 1 is 1.35 bits per heavy atom. The van der Waals surface area contributed by atoms with Crippen LogP contribution in [-0.2, 0) is 21.3 Å². The third kappa shape index (κ3) is 3.11. The number of nitrogens with two attached hydrogens (primary N) is 1. The van der Waals surface area contributed by atoms with Crippen LogP contribution in [0.15, 0.2) is 33.6 Å². The molecule has 0 amide bonds. The molecule has 3 aromatic rings. The minimum absolute atomic E-state index is 0.0106. The number of ether oxygens (including phenoxy) is 1. The third-order valence-corrected chi connectivity index (χ3v) is 4.95. The summed E-state index contributed by atoms with van der Waals surface area (Å²) >= 11 is 0. The van der Waals surface area contributed by atoms with E-state index in [0.29, 0.717) is 35.0 Å². The Kier molecular flexibility index (Phi) is 4.59. The van der Waals surface area contributed by atoms with Crippen LogP contribution in [0.4, 0.5) is 0 Å². The lowest BCUT2D eigenvalue weighted by molar-refractivity contribution is 0.0599. The van der Waals surface area contributed by atoms with Crippen molar-refractivity contribution in [2.24, 2.45) is 5.14 Å². The minimum Gasteiger partial charge on any atom is -0.465 e. The van der Waals surface area contributed by atoms with Gasteiger partial charge in [0.25, 0.3) is 0 Å². The maximum absolute atomic E-state index is 11.8. The topological polar surface area (TPSA) is 117 Å². The number of primary sulfonamides is 1. The van der Waals surface area contributed by atoms with Crippen molar-refractivity contribution in [3.63, 3.8) is 0 Å². The van der Waals surface area contributed by atoms with Crippen LogP contribution in [0.5, 0.6) is 0 Å². The van der Waals surface area contributed by atoms with Crippen molar-refractivity contribution < 1.29 is 22.4 Å². The van der Waals surface area contributed by atoms with Crippen LogP contribution < -0.4 is 5.14 Å². The quantitative estimate of drug-likeness (QED) is 0.683. The molecule has 138 valence electrons. The number of nitrogens with zero attached hydrogens (tertiary/aromatic N) is 2. The molecule has 3 rings (SSSR count). The number of aryl methyl sites for hydroxylation is 2. The van der Waals surface area contributed by atoms with Gasteiger partial charge in [0.2, 0.25) is 10.0 Å². The number of esters is 1. The highest BCUT2D eigenvalue weighted by molar-refractivity contribution is 7.89. The van der Waals surface area contributed by atoms with Gasteiger partial charge in [-0.1, -0.05) is 6.92 Å². The second-order valence-electron chi connectivity index (χ2n) is 5.85. The summed E-state index contributed by atoms with van der Waals surface area (Å²) in [5.74, 6) is 0.843. The van der Waals surface area contributed by atoms with Crippen molar-refractivity contribution in [1.29, 1.82) is 0 Å². The van der Waals surface area contributed by atoms with E-state index in [1.165, 1.54) is 19.2 Å². The molecule has 26 heavy (non-hydrogen) atoms. The second-order valence-corrected chi connectivity index (χ2v) is 7.42. The lowest BCUT2D eigenvalue weighted by Crippen LogP contribution is -2.11. The summed E-state index contributed by atoms with van der Waals surface area (Å²) in [4.78, 5) is 16.3. The standard InChI is InChI=1S/C17H19N3O5S/c1-4-7-20-14-6-5-11(26(18,22)23)8-13(14)19-16(20)15-9-12(10(2)25-15)17(21)24-3/h5-6,8-9H,4,7H2,1-3H3,(H2,18,22,23). The van der Waals surface area contributed by atoms with Crippen LogP contribution in [0.25, 0.3) is 22.6 Å². The predicted octanol–water partition coefficient (Wildman–Crippen LogP) is 2.45. The SMILES string of the molecule is CCCn1c(-c2cc(C(=O)OC)c(C)o2)nc2cc(S(N)(=O)=O)ccc21. The number of sulfonamides is 1. The highest BCUT2D eigenvalue weighted by Gasteiger charge is 2.21. The Hall–Kier alpha value is -2.65. The molecule has 0 spiro atoms. The Balaban J connectivity index is 2.22. The van der Waals surface area contributed by atoms with Crippen LogP contribution in [0.2, 0.25) is 0 Å². The van der Waals surface area contributed by atoms with Gasteiger partial charge in [0.1, 0.15) is 11.3 Å². The number of furan rings is 1. The number of hydrogen-bond donors (Lipinski definition) is 1. The third-order valence-electron chi connectivity index (χ3n) is 4.04. The first-order valence-corrected chi connectivity index (χ1v) is 9.53. The van der Waals surface area contributed by atoms with Crippen molar-refractivity contribution in [1.82, 2.24) is 9.55 Å². The second kappa shape index (κ2) is 6.58. The van der Waals surface area contributed by atoms with Gasteiger partial charge in [-0.05, 0) is 31.5 Å². The Labute approximate surface area is 150 Å². The smallest absolute Gasteiger partial charge is 0.341 e. The van der Waals surface area contributed by atoms with Crippen molar-refractivity contribution in [2.45, 2.75) is 31.7 Å². The minimum atomic E-state index is -3.83. The number of imidazole rings is 1. The normalized spacial score (nSPS) is 11.8. The Morgan fingerprint density at radius 2 is 2.08 bits per heavy atom. The first kappa shape index (κ1) is 18.2. The van der Waals surface area contributed by atoms with Crippen molar-refractivity contribution in [2.75, 3.05) is 7.11 Å². The van der Waals surface area contributed by atoms with Crippen LogP contribution in [0.1, 0.15) is 29.5 Å². The molecular weight excluding hydrogens is 358 g/mol. The number of carbonyl (C=O) groups excluding carboxylic acids is 1. The van der Waals surface area contributed by atoms with Gasteiger partial charge in [-0.3, -0.25) is 0 Å². The molecule has 0 saturated carbocycles. The number of methoxy groups -OCH3 is 1. The number of carbonyl (C=O) groups is 1. The average molecular weight is 377 g/mol. The van der Waals surface area contributed by atoms with E-state index in [9.17, 15) is 13.2 Å². The highest BCUT2D eigenvalue weighted by atomic mass is 32.2. The van der Waals surface area contributed by atoms with Gasteiger partial charge in [-0.2, -0.15) is 0 Å². The molecule has 0 saturated heterocycles.